The molecule has 0 radical (unpaired) electrons. The van der Waals surface area contributed by atoms with Gasteiger partial charge in [-0.2, -0.15) is 13.2 Å². The van der Waals surface area contributed by atoms with Crippen LogP contribution in [0.4, 0.5) is 18.3 Å². The van der Waals surface area contributed by atoms with E-state index < -0.39 is 17.6 Å². The summed E-state index contributed by atoms with van der Waals surface area (Å²) in [5.74, 6) is -0.0855. The Kier molecular flexibility index (Phi) is 7.47. The largest absolute Gasteiger partial charge is 0.493 e. The summed E-state index contributed by atoms with van der Waals surface area (Å²) in [4.78, 5) is 17.1. The predicted octanol–water partition coefficient (Wildman–Crippen LogP) is 5.13. The number of benzene rings is 2. The van der Waals surface area contributed by atoms with Gasteiger partial charge < -0.3 is 14.2 Å². The number of alkyl halides is 3. The van der Waals surface area contributed by atoms with E-state index >= 15 is 0 Å². The van der Waals surface area contributed by atoms with Gasteiger partial charge in [0.25, 0.3) is 5.91 Å². The maximum absolute atomic E-state index is 12.9. The Morgan fingerprint density at radius 1 is 1.19 bits per heavy atom. The van der Waals surface area contributed by atoms with Crippen molar-refractivity contribution in [2.24, 2.45) is 0 Å². The molecule has 0 saturated carbocycles. The second-order valence-corrected chi connectivity index (χ2v) is 7.46. The maximum Gasteiger partial charge on any atom is 0.416 e. The average Bonchev–Trinajstić information content (AvgIpc) is 3.13. The molecule has 1 aromatic heterocycles. The zero-order valence-corrected chi connectivity index (χ0v) is 17.7. The van der Waals surface area contributed by atoms with Crippen LogP contribution >= 0.6 is 11.3 Å². The lowest BCUT2D eigenvalue weighted by Crippen LogP contribution is -2.15. The summed E-state index contributed by atoms with van der Waals surface area (Å²) in [6, 6.07) is 8.38. The molecular formula is C21H21F3N2O4S. The number of ether oxygens (including phenoxy) is 3. The van der Waals surface area contributed by atoms with E-state index in [4.69, 9.17) is 14.2 Å². The van der Waals surface area contributed by atoms with Gasteiger partial charge >= 0.3 is 6.18 Å². The van der Waals surface area contributed by atoms with Gasteiger partial charge in [-0.05, 0) is 31.2 Å². The van der Waals surface area contributed by atoms with Gasteiger partial charge in [0.1, 0.15) is 5.75 Å². The first-order valence-electron chi connectivity index (χ1n) is 9.44. The number of carbonyl (C=O) groups excluding carboxylic acids is 1. The van der Waals surface area contributed by atoms with Gasteiger partial charge in [-0.25, -0.2) is 4.98 Å². The highest BCUT2D eigenvalue weighted by molar-refractivity contribution is 7.22. The van der Waals surface area contributed by atoms with E-state index in [-0.39, 0.29) is 17.3 Å². The molecule has 0 bridgehead atoms. The van der Waals surface area contributed by atoms with E-state index in [2.05, 4.69) is 10.3 Å². The minimum absolute atomic E-state index is 0.198. The fourth-order valence-electron chi connectivity index (χ4n) is 2.84. The molecule has 1 amide bonds. The molecule has 2 aromatic carbocycles. The fraction of sp³-hybridized carbons (Fsp3) is 0.333. The number of amides is 1. The molecule has 6 nitrogen and oxygen atoms in total. The second kappa shape index (κ2) is 10.1. The molecule has 0 spiro atoms. The summed E-state index contributed by atoms with van der Waals surface area (Å²) in [5.41, 5.74) is 0.592. The van der Waals surface area contributed by atoms with Crippen molar-refractivity contribution >= 4 is 32.6 Å². The van der Waals surface area contributed by atoms with Crippen molar-refractivity contribution in [1.82, 2.24) is 4.98 Å². The molecule has 0 aliphatic rings. The molecule has 0 saturated heterocycles. The zero-order valence-electron chi connectivity index (χ0n) is 16.9. The summed E-state index contributed by atoms with van der Waals surface area (Å²) in [6.07, 6.45) is -4.44. The Morgan fingerprint density at radius 2 is 2.00 bits per heavy atom. The number of halogens is 3. The van der Waals surface area contributed by atoms with Crippen LogP contribution in [0, 0.1) is 0 Å². The highest BCUT2D eigenvalue weighted by atomic mass is 32.1. The highest BCUT2D eigenvalue weighted by Gasteiger charge is 2.30. The number of methoxy groups -OCH3 is 1. The number of nitrogens with one attached hydrogen (secondary N) is 1. The van der Waals surface area contributed by atoms with Crippen molar-refractivity contribution < 1.29 is 32.2 Å². The third-order valence-electron chi connectivity index (χ3n) is 4.26. The number of para-hydroxylation sites is 1. The monoisotopic (exact) mass is 454 g/mol. The number of nitrogens with zero attached hydrogens (tertiary/aromatic N) is 1. The van der Waals surface area contributed by atoms with Crippen molar-refractivity contribution in [1.29, 1.82) is 0 Å². The van der Waals surface area contributed by atoms with Crippen molar-refractivity contribution in [3.8, 4) is 5.75 Å². The first-order chi connectivity index (χ1) is 14.8. The van der Waals surface area contributed by atoms with Gasteiger partial charge in [0.15, 0.2) is 5.13 Å². The highest BCUT2D eigenvalue weighted by Crippen LogP contribution is 2.35. The summed E-state index contributed by atoms with van der Waals surface area (Å²) in [5, 5.41) is 2.85. The topological polar surface area (TPSA) is 69.7 Å². The van der Waals surface area contributed by atoms with E-state index in [1.807, 2.05) is 0 Å². The summed E-state index contributed by atoms with van der Waals surface area (Å²) >= 11 is 0.971. The Balaban J connectivity index is 1.82. The summed E-state index contributed by atoms with van der Waals surface area (Å²) in [7, 11) is 1.58. The Morgan fingerprint density at radius 3 is 2.71 bits per heavy atom. The second-order valence-electron chi connectivity index (χ2n) is 6.43. The number of aromatic nitrogens is 1. The summed E-state index contributed by atoms with van der Waals surface area (Å²) < 4.78 is 55.3. The lowest BCUT2D eigenvalue weighted by Gasteiger charge is -2.14. The van der Waals surface area contributed by atoms with Crippen LogP contribution in [-0.4, -0.2) is 37.8 Å². The smallest absolute Gasteiger partial charge is 0.416 e. The molecule has 1 N–H and O–H groups in total. The quantitative estimate of drug-likeness (QED) is 0.454. The van der Waals surface area contributed by atoms with Crippen LogP contribution in [0.3, 0.4) is 0 Å². The van der Waals surface area contributed by atoms with Crippen LogP contribution in [0.2, 0.25) is 0 Å². The van der Waals surface area contributed by atoms with Crippen LogP contribution < -0.4 is 10.1 Å². The fourth-order valence-corrected chi connectivity index (χ4v) is 3.74. The van der Waals surface area contributed by atoms with E-state index in [9.17, 15) is 18.0 Å². The molecule has 0 aliphatic heterocycles. The Hall–Kier alpha value is -2.69. The van der Waals surface area contributed by atoms with Crippen LogP contribution in [0.25, 0.3) is 10.2 Å². The third-order valence-corrected chi connectivity index (χ3v) is 5.19. The molecule has 0 aliphatic carbocycles. The van der Waals surface area contributed by atoms with E-state index in [0.29, 0.717) is 41.4 Å². The summed E-state index contributed by atoms with van der Waals surface area (Å²) in [6.45, 7) is 3.22. The number of anilines is 1. The van der Waals surface area contributed by atoms with E-state index in [0.717, 1.165) is 23.5 Å². The number of rotatable bonds is 9. The Bertz CT molecular complexity index is 1050. The molecule has 1 heterocycles. The van der Waals surface area contributed by atoms with Gasteiger partial charge in [0, 0.05) is 12.7 Å². The lowest BCUT2D eigenvalue weighted by molar-refractivity contribution is -0.137. The van der Waals surface area contributed by atoms with Gasteiger partial charge in [0.2, 0.25) is 0 Å². The van der Waals surface area contributed by atoms with Gasteiger partial charge in [-0.15, -0.1) is 0 Å². The van der Waals surface area contributed by atoms with Crippen molar-refractivity contribution in [3.05, 3.63) is 53.1 Å². The molecule has 3 aromatic rings. The Labute approximate surface area is 180 Å². The van der Waals surface area contributed by atoms with Crippen LogP contribution in [-0.2, 0) is 22.3 Å². The van der Waals surface area contributed by atoms with Crippen LogP contribution in [0.5, 0.6) is 5.75 Å². The molecule has 10 heteroatoms. The first kappa shape index (κ1) is 23.0. The molecule has 0 atom stereocenters. The molecule has 3 rings (SSSR count). The average molecular weight is 454 g/mol. The minimum atomic E-state index is -4.44. The van der Waals surface area contributed by atoms with Crippen LogP contribution in [0.15, 0.2) is 36.4 Å². The minimum Gasteiger partial charge on any atom is -0.493 e. The zero-order chi connectivity index (χ0) is 22.4. The van der Waals surface area contributed by atoms with Gasteiger partial charge in [-0.1, -0.05) is 23.5 Å². The van der Waals surface area contributed by atoms with Crippen LogP contribution in [0.1, 0.15) is 28.4 Å². The maximum atomic E-state index is 12.9. The molecular weight excluding hydrogens is 433 g/mol. The van der Waals surface area contributed by atoms with E-state index in [1.165, 1.54) is 6.07 Å². The SMILES string of the molecule is CCOc1c(COCCOC)cccc1C(=O)Nc1nc2ccc(C(F)(F)F)cc2s1. The molecule has 166 valence electrons. The number of carbonyl (C=O) groups is 1. The van der Waals surface area contributed by atoms with Gasteiger partial charge in [-0.3, -0.25) is 10.1 Å². The number of fused-ring (bicyclic) bond motifs is 1. The normalized spacial score (nSPS) is 11.6. The predicted molar refractivity (Wildman–Crippen MR) is 112 cm³/mol. The number of hydrogen-bond donors (Lipinski definition) is 1. The third kappa shape index (κ3) is 5.72. The molecule has 31 heavy (non-hydrogen) atoms. The first-order valence-corrected chi connectivity index (χ1v) is 10.3. The van der Waals surface area contributed by atoms with Crippen molar-refractivity contribution in [3.63, 3.8) is 0 Å². The standard InChI is InChI=1S/C21H21F3N2O4S/c1-3-30-18-13(12-29-10-9-28-2)5-4-6-15(18)19(27)26-20-25-16-8-7-14(21(22,23)24)11-17(16)31-20/h4-8,11H,3,9-10,12H2,1-2H3,(H,25,26,27). The van der Waals surface area contributed by atoms with E-state index in [1.54, 1.807) is 32.2 Å². The van der Waals surface area contributed by atoms with Gasteiger partial charge in [0.05, 0.1) is 47.8 Å². The van der Waals surface area contributed by atoms with Crippen molar-refractivity contribution in [2.45, 2.75) is 19.7 Å². The number of thiazole rings is 1. The molecule has 0 fully saturated rings. The molecule has 0 unspecified atom stereocenters. The number of hydrogen-bond acceptors (Lipinski definition) is 6. The lowest BCUT2D eigenvalue weighted by atomic mass is 10.1. The van der Waals surface area contributed by atoms with Crippen molar-refractivity contribution in [2.75, 3.05) is 32.2 Å².